The van der Waals surface area contributed by atoms with E-state index >= 15 is 0 Å². The fourth-order valence-electron chi connectivity index (χ4n) is 2.49. The molecular formula is C11H22N4. The molecule has 0 bridgehead atoms. The molecule has 0 radical (unpaired) electrons. The molecule has 2 N–H and O–H groups in total. The van der Waals surface area contributed by atoms with E-state index < -0.39 is 0 Å². The van der Waals surface area contributed by atoms with Crippen molar-refractivity contribution in [2.45, 2.75) is 45.8 Å². The van der Waals surface area contributed by atoms with Crippen molar-refractivity contribution in [2.75, 3.05) is 13.1 Å². The van der Waals surface area contributed by atoms with Gasteiger partial charge in [0.25, 0.3) is 0 Å². The summed E-state index contributed by atoms with van der Waals surface area (Å²) in [4.78, 5) is 2.48. The van der Waals surface area contributed by atoms with Crippen molar-refractivity contribution in [3.8, 4) is 0 Å². The standard InChI is InChI=1S/C11H22N4/c1-8(2)11-14-13-9(3)15(11)10-4-6-12-7-5-10/h8-10,12-13H,4-7H2,1-3H3. The minimum atomic E-state index is 0.366. The first-order valence-corrected chi connectivity index (χ1v) is 6.02. The SMILES string of the molecule is CC(C)C1=NNC(C)N1C1CCNCC1. The number of hydrogen-bond donors (Lipinski definition) is 2. The predicted molar refractivity (Wildman–Crippen MR) is 62.6 cm³/mol. The molecule has 1 saturated heterocycles. The van der Waals surface area contributed by atoms with Crippen molar-refractivity contribution in [2.24, 2.45) is 11.0 Å². The van der Waals surface area contributed by atoms with Crippen molar-refractivity contribution in [1.29, 1.82) is 0 Å². The van der Waals surface area contributed by atoms with Crippen LogP contribution in [0, 0.1) is 5.92 Å². The smallest absolute Gasteiger partial charge is 0.129 e. The van der Waals surface area contributed by atoms with Crippen LogP contribution in [0.5, 0.6) is 0 Å². The first kappa shape index (κ1) is 10.7. The van der Waals surface area contributed by atoms with Crippen molar-refractivity contribution < 1.29 is 0 Å². The average molecular weight is 210 g/mol. The second-order valence-corrected chi connectivity index (χ2v) is 4.82. The molecule has 2 heterocycles. The highest BCUT2D eigenvalue weighted by Crippen LogP contribution is 2.21. The summed E-state index contributed by atoms with van der Waals surface area (Å²) in [5, 5.41) is 7.86. The summed E-state index contributed by atoms with van der Waals surface area (Å²) in [6, 6.07) is 0.664. The Bertz CT molecular complexity index is 243. The Hall–Kier alpha value is -0.770. The van der Waals surface area contributed by atoms with Gasteiger partial charge in [0.15, 0.2) is 0 Å². The Morgan fingerprint density at radius 2 is 2.00 bits per heavy atom. The molecule has 0 aromatic rings. The summed E-state index contributed by atoms with van der Waals surface area (Å²) < 4.78 is 0. The minimum Gasteiger partial charge on any atom is -0.334 e. The molecule has 2 aliphatic rings. The number of amidine groups is 1. The highest BCUT2D eigenvalue weighted by Gasteiger charge is 2.32. The summed E-state index contributed by atoms with van der Waals surface area (Å²) >= 11 is 0. The normalized spacial score (nSPS) is 28.1. The summed E-state index contributed by atoms with van der Waals surface area (Å²) in [6.45, 7) is 8.90. The van der Waals surface area contributed by atoms with E-state index in [9.17, 15) is 0 Å². The zero-order valence-electron chi connectivity index (χ0n) is 9.95. The second kappa shape index (κ2) is 4.39. The largest absolute Gasteiger partial charge is 0.334 e. The number of hydrogen-bond acceptors (Lipinski definition) is 4. The molecule has 0 amide bonds. The number of nitrogens with zero attached hydrogens (tertiary/aromatic N) is 2. The van der Waals surface area contributed by atoms with Gasteiger partial charge in [-0.1, -0.05) is 13.8 Å². The highest BCUT2D eigenvalue weighted by molar-refractivity contribution is 5.85. The molecule has 15 heavy (non-hydrogen) atoms. The van der Waals surface area contributed by atoms with Gasteiger partial charge in [-0.15, -0.1) is 0 Å². The molecule has 4 heteroatoms. The van der Waals surface area contributed by atoms with Crippen LogP contribution in [-0.4, -0.2) is 36.0 Å². The fourth-order valence-corrected chi connectivity index (χ4v) is 2.49. The molecule has 0 aromatic heterocycles. The lowest BCUT2D eigenvalue weighted by atomic mass is 10.0. The number of nitrogens with one attached hydrogen (secondary N) is 2. The van der Waals surface area contributed by atoms with Crippen LogP contribution in [0.1, 0.15) is 33.6 Å². The molecule has 4 nitrogen and oxygen atoms in total. The van der Waals surface area contributed by atoms with Crippen LogP contribution in [0.2, 0.25) is 0 Å². The van der Waals surface area contributed by atoms with Crippen LogP contribution in [0.3, 0.4) is 0 Å². The number of piperidine rings is 1. The Balaban J connectivity index is 2.07. The maximum atomic E-state index is 4.45. The van der Waals surface area contributed by atoms with Crippen molar-refractivity contribution >= 4 is 5.84 Å². The minimum absolute atomic E-state index is 0.366. The Labute approximate surface area is 92.1 Å². The van der Waals surface area contributed by atoms with E-state index in [1.54, 1.807) is 0 Å². The maximum Gasteiger partial charge on any atom is 0.129 e. The lowest BCUT2D eigenvalue weighted by Crippen LogP contribution is -2.50. The zero-order valence-corrected chi connectivity index (χ0v) is 9.95. The summed E-state index contributed by atoms with van der Waals surface area (Å²) in [5.74, 6) is 1.74. The first-order valence-electron chi connectivity index (χ1n) is 6.02. The molecule has 0 spiro atoms. The molecule has 1 fully saturated rings. The first-order chi connectivity index (χ1) is 7.20. The quantitative estimate of drug-likeness (QED) is 0.713. The number of hydrazone groups is 1. The van der Waals surface area contributed by atoms with E-state index in [0.29, 0.717) is 18.1 Å². The van der Waals surface area contributed by atoms with Gasteiger partial charge < -0.3 is 10.2 Å². The van der Waals surface area contributed by atoms with Gasteiger partial charge in [0.2, 0.25) is 0 Å². The van der Waals surface area contributed by atoms with E-state index in [2.05, 4.69) is 41.5 Å². The van der Waals surface area contributed by atoms with Gasteiger partial charge in [-0.2, -0.15) is 5.10 Å². The van der Waals surface area contributed by atoms with Crippen LogP contribution in [0.15, 0.2) is 5.10 Å². The molecule has 0 aromatic carbocycles. The van der Waals surface area contributed by atoms with Crippen LogP contribution in [0.4, 0.5) is 0 Å². The molecule has 86 valence electrons. The monoisotopic (exact) mass is 210 g/mol. The third kappa shape index (κ3) is 2.09. The van der Waals surface area contributed by atoms with Gasteiger partial charge >= 0.3 is 0 Å². The van der Waals surface area contributed by atoms with Crippen LogP contribution >= 0.6 is 0 Å². The number of rotatable bonds is 2. The van der Waals surface area contributed by atoms with Crippen LogP contribution in [-0.2, 0) is 0 Å². The van der Waals surface area contributed by atoms with Crippen LogP contribution < -0.4 is 10.7 Å². The fraction of sp³-hybridized carbons (Fsp3) is 0.909. The zero-order chi connectivity index (χ0) is 10.8. The van der Waals surface area contributed by atoms with Crippen molar-refractivity contribution in [1.82, 2.24) is 15.6 Å². The van der Waals surface area contributed by atoms with E-state index in [-0.39, 0.29) is 0 Å². The maximum absolute atomic E-state index is 4.45. The topological polar surface area (TPSA) is 39.7 Å². The molecule has 0 aliphatic carbocycles. The lowest BCUT2D eigenvalue weighted by Gasteiger charge is -2.37. The van der Waals surface area contributed by atoms with E-state index in [1.807, 2.05) is 0 Å². The third-order valence-electron chi connectivity index (χ3n) is 3.27. The van der Waals surface area contributed by atoms with E-state index in [0.717, 1.165) is 13.1 Å². The second-order valence-electron chi connectivity index (χ2n) is 4.82. The molecular weight excluding hydrogens is 188 g/mol. The van der Waals surface area contributed by atoms with Gasteiger partial charge in [0.05, 0.1) is 0 Å². The molecule has 1 atom stereocenters. The van der Waals surface area contributed by atoms with Gasteiger partial charge in [-0.05, 0) is 32.9 Å². The van der Waals surface area contributed by atoms with Crippen LogP contribution in [0.25, 0.3) is 0 Å². The summed E-state index contributed by atoms with van der Waals surface area (Å²) in [7, 11) is 0. The lowest BCUT2D eigenvalue weighted by molar-refractivity contribution is 0.199. The third-order valence-corrected chi connectivity index (χ3v) is 3.27. The molecule has 1 unspecified atom stereocenters. The summed E-state index contributed by atoms with van der Waals surface area (Å²) in [6.07, 6.45) is 2.83. The predicted octanol–water partition coefficient (Wildman–Crippen LogP) is 0.959. The Morgan fingerprint density at radius 3 is 2.60 bits per heavy atom. The highest BCUT2D eigenvalue weighted by atomic mass is 15.5. The average Bonchev–Trinajstić information content (AvgIpc) is 2.61. The van der Waals surface area contributed by atoms with E-state index in [1.165, 1.54) is 18.7 Å². The van der Waals surface area contributed by atoms with Gasteiger partial charge in [0.1, 0.15) is 12.0 Å². The van der Waals surface area contributed by atoms with Gasteiger partial charge in [-0.25, -0.2) is 0 Å². The van der Waals surface area contributed by atoms with Crippen molar-refractivity contribution in [3.05, 3.63) is 0 Å². The Morgan fingerprint density at radius 1 is 1.33 bits per heavy atom. The Kier molecular flexibility index (Phi) is 3.14. The molecule has 2 rings (SSSR count). The molecule has 2 aliphatic heterocycles. The van der Waals surface area contributed by atoms with Gasteiger partial charge in [0, 0.05) is 12.0 Å². The van der Waals surface area contributed by atoms with E-state index in [4.69, 9.17) is 0 Å². The molecule has 0 saturated carbocycles. The van der Waals surface area contributed by atoms with Crippen molar-refractivity contribution in [3.63, 3.8) is 0 Å². The van der Waals surface area contributed by atoms with Gasteiger partial charge in [-0.3, -0.25) is 5.43 Å². The summed E-state index contributed by atoms with van der Waals surface area (Å²) in [5.41, 5.74) is 3.19.